The lowest BCUT2D eigenvalue weighted by atomic mass is 10.0. The van der Waals surface area contributed by atoms with E-state index in [1.54, 1.807) is 0 Å². The van der Waals surface area contributed by atoms with Crippen molar-refractivity contribution in [2.45, 2.75) is 12.8 Å². The summed E-state index contributed by atoms with van der Waals surface area (Å²) in [6, 6.07) is 6.08. The number of fused-ring (bicyclic) bond motifs is 1. The Morgan fingerprint density at radius 2 is 2.17 bits per heavy atom. The van der Waals surface area contributed by atoms with Crippen LogP contribution in [0.25, 0.3) is 0 Å². The summed E-state index contributed by atoms with van der Waals surface area (Å²) in [5.41, 5.74) is 9.10. The molecule has 3 N–H and O–H groups in total. The number of anilines is 2. The fourth-order valence-corrected chi connectivity index (χ4v) is 1.48. The van der Waals surface area contributed by atoms with Gasteiger partial charge in [0.15, 0.2) is 0 Å². The average Bonchev–Trinajstić information content (AvgIpc) is 2.04. The first-order valence-electron chi connectivity index (χ1n) is 3.98. The second kappa shape index (κ2) is 3.68. The van der Waals surface area contributed by atoms with Crippen molar-refractivity contribution in [1.29, 1.82) is 0 Å². The Morgan fingerprint density at radius 3 is 3.00 bits per heavy atom. The predicted molar refractivity (Wildman–Crippen MR) is 54.9 cm³/mol. The molecule has 0 radical (unpaired) electrons. The van der Waals surface area contributed by atoms with E-state index >= 15 is 0 Å². The van der Waals surface area contributed by atoms with E-state index in [9.17, 15) is 0 Å². The average molecular weight is 185 g/mol. The van der Waals surface area contributed by atoms with Crippen LogP contribution in [-0.2, 0) is 6.42 Å². The molecule has 1 aliphatic rings. The van der Waals surface area contributed by atoms with Gasteiger partial charge in [-0.15, -0.1) is 12.4 Å². The number of benzene rings is 1. The lowest BCUT2D eigenvalue weighted by molar-refractivity contribution is 0.830. The van der Waals surface area contributed by atoms with Crippen molar-refractivity contribution in [3.63, 3.8) is 0 Å². The molecule has 12 heavy (non-hydrogen) atoms. The Kier molecular flexibility index (Phi) is 2.82. The normalized spacial score (nSPS) is 14.0. The maximum absolute atomic E-state index is 5.64. The number of nitrogens with one attached hydrogen (secondary N) is 1. The number of nitrogen functional groups attached to an aromatic ring is 1. The molecule has 0 amide bonds. The Morgan fingerprint density at radius 1 is 1.33 bits per heavy atom. The van der Waals surface area contributed by atoms with E-state index in [-0.39, 0.29) is 12.4 Å². The molecule has 66 valence electrons. The quantitative estimate of drug-likeness (QED) is 0.606. The summed E-state index contributed by atoms with van der Waals surface area (Å²) < 4.78 is 0. The lowest BCUT2D eigenvalue weighted by Crippen LogP contribution is -2.11. The summed E-state index contributed by atoms with van der Waals surface area (Å²) in [6.07, 6.45) is 2.42. The monoisotopic (exact) mass is 184 g/mol. The number of hydrogen-bond acceptors (Lipinski definition) is 2. The molecule has 0 aliphatic carbocycles. The van der Waals surface area contributed by atoms with E-state index in [2.05, 4.69) is 11.4 Å². The molecule has 1 aromatic carbocycles. The fourth-order valence-electron chi connectivity index (χ4n) is 1.48. The van der Waals surface area contributed by atoms with Crippen LogP contribution >= 0.6 is 12.4 Å². The number of rotatable bonds is 0. The molecule has 0 atom stereocenters. The van der Waals surface area contributed by atoms with Gasteiger partial charge in [-0.2, -0.15) is 0 Å². The molecular weight excluding hydrogens is 172 g/mol. The first-order valence-corrected chi connectivity index (χ1v) is 3.98. The second-order valence-electron chi connectivity index (χ2n) is 2.95. The Labute approximate surface area is 78.6 Å². The van der Waals surface area contributed by atoms with Gasteiger partial charge in [0.05, 0.1) is 0 Å². The van der Waals surface area contributed by atoms with Gasteiger partial charge in [0, 0.05) is 17.9 Å². The number of aryl methyl sites for hydroxylation is 1. The zero-order chi connectivity index (χ0) is 7.68. The smallest absolute Gasteiger partial charge is 0.0393 e. The third-order valence-electron chi connectivity index (χ3n) is 2.07. The van der Waals surface area contributed by atoms with Crippen molar-refractivity contribution >= 4 is 23.8 Å². The molecule has 0 fully saturated rings. The zero-order valence-corrected chi connectivity index (χ0v) is 7.66. The second-order valence-corrected chi connectivity index (χ2v) is 2.95. The van der Waals surface area contributed by atoms with Gasteiger partial charge >= 0.3 is 0 Å². The van der Waals surface area contributed by atoms with E-state index in [4.69, 9.17) is 5.73 Å². The maximum Gasteiger partial charge on any atom is 0.0393 e. The van der Waals surface area contributed by atoms with Crippen LogP contribution in [0.4, 0.5) is 11.4 Å². The van der Waals surface area contributed by atoms with E-state index in [0.717, 1.165) is 12.2 Å². The number of nitrogens with two attached hydrogens (primary N) is 1. The predicted octanol–water partition coefficient (Wildman–Crippen LogP) is 2.05. The van der Waals surface area contributed by atoms with Crippen molar-refractivity contribution in [2.75, 3.05) is 17.6 Å². The molecule has 3 heteroatoms. The molecule has 0 saturated heterocycles. The largest absolute Gasteiger partial charge is 0.399 e. The SMILES string of the molecule is Cl.Nc1ccc2c(c1)NCCC2. The molecule has 2 rings (SSSR count). The van der Waals surface area contributed by atoms with Gasteiger partial charge in [0.25, 0.3) is 0 Å². The van der Waals surface area contributed by atoms with Crippen molar-refractivity contribution in [3.8, 4) is 0 Å². The van der Waals surface area contributed by atoms with Crippen molar-refractivity contribution in [1.82, 2.24) is 0 Å². The summed E-state index contributed by atoms with van der Waals surface area (Å²) in [7, 11) is 0. The third kappa shape index (κ3) is 1.64. The number of halogens is 1. The van der Waals surface area contributed by atoms with Crippen molar-refractivity contribution < 1.29 is 0 Å². The summed E-state index contributed by atoms with van der Waals surface area (Å²) in [6.45, 7) is 1.08. The minimum absolute atomic E-state index is 0. The fraction of sp³-hybridized carbons (Fsp3) is 0.333. The van der Waals surface area contributed by atoms with Crippen LogP contribution in [0.5, 0.6) is 0 Å². The Bertz CT molecular complexity index is 273. The highest BCUT2D eigenvalue weighted by Gasteiger charge is 2.06. The molecule has 0 bridgehead atoms. The molecule has 0 saturated carbocycles. The topological polar surface area (TPSA) is 38.0 Å². The minimum atomic E-state index is 0. The third-order valence-corrected chi connectivity index (χ3v) is 2.07. The molecule has 1 aromatic rings. The molecule has 2 nitrogen and oxygen atoms in total. The summed E-state index contributed by atoms with van der Waals surface area (Å²) >= 11 is 0. The maximum atomic E-state index is 5.64. The molecule has 1 heterocycles. The summed E-state index contributed by atoms with van der Waals surface area (Å²) in [4.78, 5) is 0. The van der Waals surface area contributed by atoms with E-state index in [1.807, 2.05) is 12.1 Å². The highest BCUT2D eigenvalue weighted by molar-refractivity contribution is 5.85. The van der Waals surface area contributed by atoms with Gasteiger partial charge in [-0.3, -0.25) is 0 Å². The number of hydrogen-bond donors (Lipinski definition) is 2. The van der Waals surface area contributed by atoms with Crippen molar-refractivity contribution in [3.05, 3.63) is 23.8 Å². The van der Waals surface area contributed by atoms with Crippen LogP contribution in [0.2, 0.25) is 0 Å². The van der Waals surface area contributed by atoms with Gasteiger partial charge < -0.3 is 11.1 Å². The van der Waals surface area contributed by atoms with Crippen LogP contribution in [0.3, 0.4) is 0 Å². The summed E-state index contributed by atoms with van der Waals surface area (Å²) in [5.74, 6) is 0. The van der Waals surface area contributed by atoms with Gasteiger partial charge in [0.1, 0.15) is 0 Å². The van der Waals surface area contributed by atoms with Crippen LogP contribution in [-0.4, -0.2) is 6.54 Å². The van der Waals surface area contributed by atoms with Gasteiger partial charge in [-0.25, -0.2) is 0 Å². The highest BCUT2D eigenvalue weighted by atomic mass is 35.5. The van der Waals surface area contributed by atoms with E-state index in [0.29, 0.717) is 0 Å². The molecule has 0 spiro atoms. The van der Waals surface area contributed by atoms with E-state index < -0.39 is 0 Å². The zero-order valence-electron chi connectivity index (χ0n) is 6.84. The van der Waals surface area contributed by atoms with Gasteiger partial charge in [0.2, 0.25) is 0 Å². The van der Waals surface area contributed by atoms with Crippen LogP contribution in [0.15, 0.2) is 18.2 Å². The molecule has 0 unspecified atom stereocenters. The van der Waals surface area contributed by atoms with Crippen LogP contribution in [0, 0.1) is 0 Å². The van der Waals surface area contributed by atoms with Crippen LogP contribution in [0.1, 0.15) is 12.0 Å². The van der Waals surface area contributed by atoms with Gasteiger partial charge in [-0.05, 0) is 30.5 Å². The minimum Gasteiger partial charge on any atom is -0.399 e. The molecule has 0 aromatic heterocycles. The summed E-state index contributed by atoms with van der Waals surface area (Å²) in [5, 5.41) is 3.32. The first-order chi connectivity index (χ1) is 5.36. The standard InChI is InChI=1S/C9H12N2.ClH/c10-8-4-3-7-2-1-5-11-9(7)6-8;/h3-4,6,11H,1-2,5,10H2;1H. The van der Waals surface area contributed by atoms with Crippen LogP contribution < -0.4 is 11.1 Å². The molecule has 1 aliphatic heterocycles. The first kappa shape index (κ1) is 9.20. The van der Waals surface area contributed by atoms with Gasteiger partial charge in [-0.1, -0.05) is 6.07 Å². The molecular formula is C9H13ClN2. The Hall–Kier alpha value is -0.890. The Balaban J connectivity index is 0.000000720. The van der Waals surface area contributed by atoms with E-state index in [1.165, 1.54) is 24.1 Å². The van der Waals surface area contributed by atoms with Crippen molar-refractivity contribution in [2.24, 2.45) is 0 Å². The lowest BCUT2D eigenvalue weighted by Gasteiger charge is -2.17. The highest BCUT2D eigenvalue weighted by Crippen LogP contribution is 2.23.